The van der Waals surface area contributed by atoms with Crippen LogP contribution in [-0.2, 0) is 0 Å². The van der Waals surface area contributed by atoms with Crippen LogP contribution in [0.1, 0.15) is 17.5 Å². The van der Waals surface area contributed by atoms with Gasteiger partial charge in [0.25, 0.3) is 0 Å². The third-order valence-corrected chi connectivity index (χ3v) is 7.28. The quantitative estimate of drug-likeness (QED) is 0.487. The first-order valence-corrected chi connectivity index (χ1v) is 11.3. The van der Waals surface area contributed by atoms with E-state index in [-0.39, 0.29) is 17.4 Å². The van der Waals surface area contributed by atoms with E-state index >= 15 is 0 Å². The van der Waals surface area contributed by atoms with Crippen molar-refractivity contribution in [3.05, 3.63) is 65.7 Å². The van der Waals surface area contributed by atoms with E-state index in [1.54, 1.807) is 18.3 Å². The lowest BCUT2D eigenvalue weighted by Crippen LogP contribution is -2.62. The Bertz CT molecular complexity index is 1480. The maximum Gasteiger partial charge on any atom is 0.211 e. The molecule has 4 aromatic rings. The van der Waals surface area contributed by atoms with Crippen LogP contribution in [0.3, 0.4) is 0 Å². The Balaban J connectivity index is 1.60. The van der Waals surface area contributed by atoms with Crippen LogP contribution in [0, 0.1) is 35.9 Å². The van der Waals surface area contributed by atoms with Gasteiger partial charge in [0, 0.05) is 37.1 Å². The number of anilines is 1. The van der Waals surface area contributed by atoms with Crippen molar-refractivity contribution >= 4 is 11.6 Å². The maximum atomic E-state index is 14.7. The summed E-state index contributed by atoms with van der Waals surface area (Å²) < 4.78 is 16.6. The number of aryl methyl sites for hydroxylation is 1. The molecule has 170 valence electrons. The molecule has 1 saturated carbocycles. The number of piperidine rings is 2. The fourth-order valence-corrected chi connectivity index (χ4v) is 5.27. The Morgan fingerprint density at radius 2 is 1.91 bits per heavy atom. The minimum absolute atomic E-state index is 0.0227. The van der Waals surface area contributed by atoms with Gasteiger partial charge in [-0.2, -0.15) is 5.26 Å². The molecule has 2 aliphatic heterocycles. The second-order valence-corrected chi connectivity index (χ2v) is 9.30. The van der Waals surface area contributed by atoms with E-state index in [1.165, 1.54) is 12.1 Å². The molecule has 3 N–H and O–H groups in total. The van der Waals surface area contributed by atoms with E-state index in [4.69, 9.17) is 10.7 Å². The summed E-state index contributed by atoms with van der Waals surface area (Å²) in [6.07, 6.45) is 4.73. The monoisotopic (exact) mass is 454 g/mol. The van der Waals surface area contributed by atoms with Crippen LogP contribution in [0.15, 0.2) is 48.8 Å². The van der Waals surface area contributed by atoms with Gasteiger partial charge in [0.15, 0.2) is 0 Å². The zero-order chi connectivity index (χ0) is 23.6. The van der Waals surface area contributed by atoms with Crippen molar-refractivity contribution in [2.75, 3.05) is 18.0 Å². The lowest BCUT2D eigenvalue weighted by atomic mass is 9.67. The molecule has 2 aromatic heterocycles. The second kappa shape index (κ2) is 7.54. The number of hydrogen-bond acceptors (Lipinski definition) is 6. The van der Waals surface area contributed by atoms with Gasteiger partial charge in [-0.05, 0) is 54.5 Å². The molecule has 7 rings (SSSR count). The molecule has 2 unspecified atom stereocenters. The SMILES string of the molecule is Cc1ccc(-c2c(-c3ccc(C#N)c(F)c3)nc(N3CC4CC(C3)C4N)n3ccnc23)cc1O. The molecule has 0 amide bonds. The smallest absolute Gasteiger partial charge is 0.211 e. The number of rotatable bonds is 3. The van der Waals surface area contributed by atoms with Gasteiger partial charge in [-0.15, -0.1) is 0 Å². The normalized spacial score (nSPS) is 21.4. The number of benzene rings is 2. The molecule has 0 radical (unpaired) electrons. The van der Waals surface area contributed by atoms with E-state index in [1.807, 2.05) is 35.7 Å². The maximum absolute atomic E-state index is 14.7. The van der Waals surface area contributed by atoms with Crippen molar-refractivity contribution in [3.8, 4) is 34.2 Å². The van der Waals surface area contributed by atoms with Crippen molar-refractivity contribution in [1.82, 2.24) is 14.4 Å². The Kier molecular flexibility index (Phi) is 4.57. The van der Waals surface area contributed by atoms with Crippen LogP contribution in [0.2, 0.25) is 0 Å². The summed E-state index contributed by atoms with van der Waals surface area (Å²) in [5, 5.41) is 19.6. The zero-order valence-corrected chi connectivity index (χ0v) is 18.6. The zero-order valence-electron chi connectivity index (χ0n) is 18.6. The van der Waals surface area contributed by atoms with Gasteiger partial charge >= 0.3 is 0 Å². The summed E-state index contributed by atoms with van der Waals surface area (Å²) >= 11 is 0. The van der Waals surface area contributed by atoms with Gasteiger partial charge in [-0.3, -0.25) is 4.40 Å². The molecule has 34 heavy (non-hydrogen) atoms. The van der Waals surface area contributed by atoms with Crippen molar-refractivity contribution in [2.45, 2.75) is 19.4 Å². The molecule has 2 bridgehead atoms. The largest absolute Gasteiger partial charge is 0.508 e. The summed E-state index contributed by atoms with van der Waals surface area (Å²) in [4.78, 5) is 11.9. The van der Waals surface area contributed by atoms with Crippen LogP contribution >= 0.6 is 0 Å². The predicted octanol–water partition coefficient (Wildman–Crippen LogP) is 3.87. The molecule has 8 heteroatoms. The average molecular weight is 455 g/mol. The summed E-state index contributed by atoms with van der Waals surface area (Å²) in [6.45, 7) is 3.45. The lowest BCUT2D eigenvalue weighted by Gasteiger charge is -2.52. The first kappa shape index (κ1) is 20.6. The van der Waals surface area contributed by atoms with E-state index in [9.17, 15) is 14.8 Å². The van der Waals surface area contributed by atoms with Gasteiger partial charge in [-0.25, -0.2) is 14.4 Å². The highest BCUT2D eigenvalue weighted by Gasteiger charge is 2.45. The van der Waals surface area contributed by atoms with Crippen LogP contribution in [-0.4, -0.2) is 38.6 Å². The molecule has 3 fully saturated rings. The van der Waals surface area contributed by atoms with E-state index in [0.717, 1.165) is 36.6 Å². The number of aromatic nitrogens is 3. The summed E-state index contributed by atoms with van der Waals surface area (Å²) in [5.74, 6) is 1.16. The van der Waals surface area contributed by atoms with Gasteiger partial charge in [0.2, 0.25) is 5.95 Å². The Morgan fingerprint density at radius 3 is 2.59 bits per heavy atom. The summed E-state index contributed by atoms with van der Waals surface area (Å²) in [7, 11) is 0. The molecule has 3 aliphatic rings. The third-order valence-electron chi connectivity index (χ3n) is 7.28. The van der Waals surface area contributed by atoms with Crippen LogP contribution in [0.25, 0.3) is 28.0 Å². The van der Waals surface area contributed by atoms with Crippen molar-refractivity contribution in [3.63, 3.8) is 0 Å². The number of halogens is 1. The van der Waals surface area contributed by atoms with Gasteiger partial charge < -0.3 is 15.7 Å². The van der Waals surface area contributed by atoms with Gasteiger partial charge in [-0.1, -0.05) is 18.2 Å². The van der Waals surface area contributed by atoms with Crippen molar-refractivity contribution in [1.29, 1.82) is 5.26 Å². The van der Waals surface area contributed by atoms with Crippen molar-refractivity contribution in [2.24, 2.45) is 17.6 Å². The number of hydrogen-bond donors (Lipinski definition) is 2. The highest BCUT2D eigenvalue weighted by atomic mass is 19.1. The number of nitrogens with zero attached hydrogens (tertiary/aromatic N) is 5. The molecule has 2 atom stereocenters. The fraction of sp³-hybridized carbons (Fsp3) is 0.269. The standard InChI is InChI=1S/C26H23FN6O/c1-14-2-3-15(10-21(14)34)22-24(16-4-5-17(11-28)20(27)9-16)31-26(33-7-6-30-25(22)33)32-12-18-8-19(13-32)23(18)29/h2-7,9-10,18-19,23,34H,8,12-13,29H2,1H3. The number of imidazole rings is 1. The molecule has 2 aromatic carbocycles. The highest BCUT2D eigenvalue weighted by Crippen LogP contribution is 2.42. The topological polar surface area (TPSA) is 103 Å². The van der Waals surface area contributed by atoms with Crippen molar-refractivity contribution < 1.29 is 9.50 Å². The molecule has 4 heterocycles. The number of phenolic OH excluding ortho intramolecular Hbond substituents is 1. The Hall–Kier alpha value is -3.96. The molecule has 7 nitrogen and oxygen atoms in total. The average Bonchev–Trinajstić information content (AvgIpc) is 3.34. The molecular weight excluding hydrogens is 431 g/mol. The minimum Gasteiger partial charge on any atom is -0.508 e. The summed E-state index contributed by atoms with van der Waals surface area (Å²) in [5.41, 5.74) is 10.2. The molecular formula is C26H23FN6O. The van der Waals surface area contributed by atoms with Gasteiger partial charge in [0.1, 0.15) is 23.3 Å². The first-order chi connectivity index (χ1) is 16.4. The third kappa shape index (κ3) is 3.05. The van der Waals surface area contributed by atoms with Crippen LogP contribution < -0.4 is 10.6 Å². The lowest BCUT2D eigenvalue weighted by molar-refractivity contribution is 0.114. The highest BCUT2D eigenvalue weighted by molar-refractivity contribution is 5.91. The summed E-state index contributed by atoms with van der Waals surface area (Å²) in [6, 6.07) is 12.0. The number of phenols is 1. The van der Waals surface area contributed by atoms with E-state index in [2.05, 4.69) is 9.88 Å². The van der Waals surface area contributed by atoms with Crippen LogP contribution in [0.5, 0.6) is 5.75 Å². The number of fused-ring (bicyclic) bond motifs is 3. The van der Waals surface area contributed by atoms with Crippen LogP contribution in [0.4, 0.5) is 10.3 Å². The van der Waals surface area contributed by atoms with Gasteiger partial charge in [0.05, 0.1) is 16.8 Å². The number of nitriles is 1. The molecule has 0 spiro atoms. The number of nitrogens with two attached hydrogens (primary N) is 1. The Morgan fingerprint density at radius 1 is 1.15 bits per heavy atom. The minimum atomic E-state index is -0.602. The fourth-order valence-electron chi connectivity index (χ4n) is 5.27. The van der Waals surface area contributed by atoms with E-state index in [0.29, 0.717) is 34.3 Å². The second-order valence-electron chi connectivity index (χ2n) is 9.30. The number of aromatic hydroxyl groups is 1. The predicted molar refractivity (Wildman–Crippen MR) is 127 cm³/mol. The molecule has 1 aliphatic carbocycles. The molecule has 2 saturated heterocycles. The first-order valence-electron chi connectivity index (χ1n) is 11.3. The van der Waals surface area contributed by atoms with E-state index < -0.39 is 5.82 Å². The Labute approximate surface area is 195 Å².